The summed E-state index contributed by atoms with van der Waals surface area (Å²) in [5.74, 6) is -2.90. The molecule has 7 nitrogen and oxygen atoms in total. The van der Waals surface area contributed by atoms with Gasteiger partial charge in [0.2, 0.25) is 0 Å². The molecule has 2 aromatic heterocycles. The molecule has 1 saturated heterocycles. The average Bonchev–Trinajstić information content (AvgIpc) is 3.52. The number of aromatic carboxylic acids is 1. The van der Waals surface area contributed by atoms with E-state index in [0.29, 0.717) is 20.7 Å². The van der Waals surface area contributed by atoms with Crippen LogP contribution in [0.5, 0.6) is 0 Å². The lowest BCUT2D eigenvalue weighted by atomic mass is 9.99. The number of thiophene rings is 1. The number of aromatic nitrogens is 1. The van der Waals surface area contributed by atoms with Crippen LogP contribution in [0.25, 0.3) is 16.0 Å². The highest BCUT2D eigenvalue weighted by Crippen LogP contribution is 2.45. The fourth-order valence-electron chi connectivity index (χ4n) is 3.76. The Hall–Kier alpha value is -3.82. The molecule has 1 aliphatic rings. The van der Waals surface area contributed by atoms with Gasteiger partial charge in [-0.15, -0.1) is 11.3 Å². The maximum Gasteiger partial charge on any atom is 0.335 e. The lowest BCUT2D eigenvalue weighted by Gasteiger charge is -2.21. The van der Waals surface area contributed by atoms with Crippen LogP contribution in [0.1, 0.15) is 32.4 Å². The van der Waals surface area contributed by atoms with E-state index in [1.165, 1.54) is 28.4 Å². The Morgan fingerprint density at radius 1 is 1.03 bits per heavy atom. The number of rotatable bonds is 4. The third kappa shape index (κ3) is 3.51. The Morgan fingerprint density at radius 2 is 1.76 bits per heavy atom. The first-order valence-electron chi connectivity index (χ1n) is 9.90. The highest BCUT2D eigenvalue weighted by molar-refractivity contribution is 7.22. The van der Waals surface area contributed by atoms with Gasteiger partial charge in [0.15, 0.2) is 5.13 Å². The monoisotopic (exact) mass is 476 g/mol. The van der Waals surface area contributed by atoms with E-state index in [2.05, 4.69) is 4.98 Å². The van der Waals surface area contributed by atoms with Gasteiger partial charge in [-0.05, 0) is 36.6 Å². The highest BCUT2D eigenvalue weighted by Gasteiger charge is 2.48. The molecule has 0 radical (unpaired) electrons. The second-order valence-electron chi connectivity index (χ2n) is 7.53. The van der Waals surface area contributed by atoms with E-state index < -0.39 is 23.7 Å². The van der Waals surface area contributed by atoms with Crippen molar-refractivity contribution in [3.8, 4) is 0 Å². The molecule has 1 atom stereocenters. The minimum atomic E-state index is -1.07. The summed E-state index contributed by atoms with van der Waals surface area (Å²) in [6, 6.07) is 14.3. The molecular weight excluding hydrogens is 460 g/mol. The van der Waals surface area contributed by atoms with Gasteiger partial charge in [-0.25, -0.2) is 9.78 Å². The van der Waals surface area contributed by atoms with E-state index >= 15 is 0 Å². The van der Waals surface area contributed by atoms with Gasteiger partial charge in [-0.1, -0.05) is 47.2 Å². The largest absolute Gasteiger partial charge is 0.507 e. The number of fused-ring (bicyclic) bond motifs is 1. The number of hydrogen-bond acceptors (Lipinski definition) is 7. The maximum absolute atomic E-state index is 13.2. The molecule has 9 heteroatoms. The molecule has 4 aromatic rings. The molecule has 0 aliphatic carbocycles. The number of benzene rings is 2. The van der Waals surface area contributed by atoms with E-state index in [1.54, 1.807) is 24.3 Å². The summed E-state index contributed by atoms with van der Waals surface area (Å²) in [7, 11) is 0. The Labute approximate surface area is 195 Å². The molecule has 3 heterocycles. The Morgan fingerprint density at radius 3 is 2.42 bits per heavy atom. The number of anilines is 1. The Balaban J connectivity index is 1.69. The van der Waals surface area contributed by atoms with Crippen LogP contribution < -0.4 is 4.90 Å². The number of carboxylic acid groups (broad SMARTS) is 1. The maximum atomic E-state index is 13.2. The van der Waals surface area contributed by atoms with Crippen molar-refractivity contribution >= 4 is 61.4 Å². The fraction of sp³-hybridized carbons (Fsp3) is 0.0833. The van der Waals surface area contributed by atoms with Gasteiger partial charge in [0.1, 0.15) is 11.8 Å². The smallest absolute Gasteiger partial charge is 0.335 e. The lowest BCUT2D eigenvalue weighted by Crippen LogP contribution is -2.28. The van der Waals surface area contributed by atoms with Crippen LogP contribution in [-0.2, 0) is 9.59 Å². The van der Waals surface area contributed by atoms with Gasteiger partial charge in [0.25, 0.3) is 5.78 Å². The number of ketones is 1. The number of carboxylic acids is 1. The summed E-state index contributed by atoms with van der Waals surface area (Å²) in [5, 5.41) is 22.4. The van der Waals surface area contributed by atoms with E-state index in [0.717, 1.165) is 16.9 Å². The Bertz CT molecular complexity index is 1450. The van der Waals surface area contributed by atoms with Crippen LogP contribution >= 0.6 is 22.7 Å². The molecule has 0 bridgehead atoms. The number of hydrogen-bond donors (Lipinski definition) is 2. The van der Waals surface area contributed by atoms with Crippen molar-refractivity contribution in [2.24, 2.45) is 0 Å². The highest BCUT2D eigenvalue weighted by atomic mass is 32.1. The van der Waals surface area contributed by atoms with Gasteiger partial charge in [-0.2, -0.15) is 0 Å². The van der Waals surface area contributed by atoms with E-state index in [4.69, 9.17) is 0 Å². The molecule has 2 aromatic carbocycles. The van der Waals surface area contributed by atoms with Crippen molar-refractivity contribution in [2.45, 2.75) is 13.0 Å². The van der Waals surface area contributed by atoms with Crippen molar-refractivity contribution in [2.75, 3.05) is 4.90 Å². The van der Waals surface area contributed by atoms with E-state index in [-0.39, 0.29) is 22.0 Å². The van der Waals surface area contributed by atoms with Gasteiger partial charge in [0, 0.05) is 10.4 Å². The molecule has 0 spiro atoms. The number of nitrogens with zero attached hydrogens (tertiary/aromatic N) is 2. The third-order valence-electron chi connectivity index (χ3n) is 5.41. The number of aliphatic hydroxyl groups is 1. The summed E-state index contributed by atoms with van der Waals surface area (Å²) in [4.78, 5) is 44.1. The van der Waals surface area contributed by atoms with Crippen LogP contribution in [0, 0.1) is 6.92 Å². The van der Waals surface area contributed by atoms with Gasteiger partial charge < -0.3 is 10.2 Å². The van der Waals surface area contributed by atoms with Gasteiger partial charge >= 0.3 is 11.9 Å². The van der Waals surface area contributed by atoms with Crippen LogP contribution in [0.4, 0.5) is 5.13 Å². The van der Waals surface area contributed by atoms with Crippen LogP contribution in [-0.4, -0.2) is 32.9 Å². The SMILES string of the molecule is Cc1ccc(/C(O)=C2\C(=O)C(=O)N(c3nc4ccc(C(=O)O)cc4s3)C2c2cccs2)cc1. The lowest BCUT2D eigenvalue weighted by molar-refractivity contribution is -0.132. The zero-order valence-corrected chi connectivity index (χ0v) is 18.8. The topological polar surface area (TPSA) is 108 Å². The molecule has 5 rings (SSSR count). The summed E-state index contributed by atoms with van der Waals surface area (Å²) < 4.78 is 0.579. The number of amides is 1. The first-order valence-corrected chi connectivity index (χ1v) is 11.6. The number of aliphatic hydroxyl groups excluding tert-OH is 1. The summed E-state index contributed by atoms with van der Waals surface area (Å²) in [6.45, 7) is 1.91. The molecule has 1 amide bonds. The van der Waals surface area contributed by atoms with E-state index in [1.807, 2.05) is 30.5 Å². The van der Waals surface area contributed by atoms with Crippen molar-refractivity contribution in [1.82, 2.24) is 4.98 Å². The summed E-state index contributed by atoms with van der Waals surface area (Å²) in [6.07, 6.45) is 0. The van der Waals surface area contributed by atoms with Crippen molar-refractivity contribution in [3.63, 3.8) is 0 Å². The molecular formula is C24H16N2O5S2. The molecule has 2 N–H and O–H groups in total. The zero-order valence-electron chi connectivity index (χ0n) is 17.2. The molecule has 1 unspecified atom stereocenters. The van der Waals surface area contributed by atoms with Gasteiger partial charge in [-0.3, -0.25) is 14.5 Å². The normalized spacial score (nSPS) is 17.7. The summed E-state index contributed by atoms with van der Waals surface area (Å²) >= 11 is 2.49. The number of Topliss-reactive ketones (excluding diaryl/α,β-unsaturated/α-hetero) is 1. The molecule has 1 fully saturated rings. The molecule has 33 heavy (non-hydrogen) atoms. The molecule has 1 aliphatic heterocycles. The summed E-state index contributed by atoms with van der Waals surface area (Å²) in [5.41, 5.74) is 2.06. The number of carbonyl (C=O) groups excluding carboxylic acids is 2. The first kappa shape index (κ1) is 21.0. The molecule has 0 saturated carbocycles. The van der Waals surface area contributed by atoms with Crippen LogP contribution in [0.15, 0.2) is 65.6 Å². The van der Waals surface area contributed by atoms with Crippen LogP contribution in [0.2, 0.25) is 0 Å². The number of carbonyl (C=O) groups is 3. The van der Waals surface area contributed by atoms with Gasteiger partial charge in [0.05, 0.1) is 21.4 Å². The minimum absolute atomic E-state index is 0.00298. The number of aryl methyl sites for hydroxylation is 1. The quantitative estimate of drug-likeness (QED) is 0.244. The van der Waals surface area contributed by atoms with Crippen LogP contribution in [0.3, 0.4) is 0 Å². The average molecular weight is 477 g/mol. The van der Waals surface area contributed by atoms with Crippen molar-refractivity contribution in [1.29, 1.82) is 0 Å². The number of thiazole rings is 1. The predicted octanol–water partition coefficient (Wildman–Crippen LogP) is 4.99. The second-order valence-corrected chi connectivity index (χ2v) is 9.52. The van der Waals surface area contributed by atoms with Crippen molar-refractivity contribution in [3.05, 3.63) is 87.1 Å². The minimum Gasteiger partial charge on any atom is -0.507 e. The predicted molar refractivity (Wildman–Crippen MR) is 127 cm³/mol. The second kappa shape index (κ2) is 7.95. The first-order chi connectivity index (χ1) is 15.8. The Kier molecular flexibility index (Phi) is 5.07. The third-order valence-corrected chi connectivity index (χ3v) is 7.35. The standard InChI is InChI=1S/C24H16N2O5S2/c1-12-4-6-13(7-5-12)20(27)18-19(16-3-2-10-32-16)26(22(29)21(18)28)24-25-15-9-8-14(23(30)31)11-17(15)33-24/h2-11,19,27H,1H3,(H,30,31)/b20-18+. The zero-order chi connectivity index (χ0) is 23.3. The van der Waals surface area contributed by atoms with E-state index in [9.17, 15) is 24.6 Å². The fourth-order valence-corrected chi connectivity index (χ4v) is 5.62. The van der Waals surface area contributed by atoms with Crippen molar-refractivity contribution < 1.29 is 24.6 Å². The molecule has 164 valence electrons.